The SMILES string of the molecule is CNC(=O)C1(NC(=O)c2ccc(-c3ccc(O)c(C)c3C)cc2)CCCCC1. The molecule has 2 aromatic carbocycles. The average Bonchev–Trinajstić information content (AvgIpc) is 2.72. The number of nitrogens with one attached hydrogen (secondary N) is 2. The molecule has 148 valence electrons. The minimum Gasteiger partial charge on any atom is -0.508 e. The first-order chi connectivity index (χ1) is 13.4. The lowest BCUT2D eigenvalue weighted by Crippen LogP contribution is -2.59. The summed E-state index contributed by atoms with van der Waals surface area (Å²) in [6, 6.07) is 10.9. The van der Waals surface area contributed by atoms with E-state index in [0.717, 1.165) is 41.5 Å². The molecule has 0 bridgehead atoms. The summed E-state index contributed by atoms with van der Waals surface area (Å²) in [5.41, 5.74) is 3.59. The van der Waals surface area contributed by atoms with Gasteiger partial charge in [0.25, 0.3) is 5.91 Å². The van der Waals surface area contributed by atoms with Crippen LogP contribution >= 0.6 is 0 Å². The van der Waals surface area contributed by atoms with Crippen molar-refractivity contribution in [3.63, 3.8) is 0 Å². The van der Waals surface area contributed by atoms with Crippen molar-refractivity contribution < 1.29 is 14.7 Å². The van der Waals surface area contributed by atoms with E-state index >= 15 is 0 Å². The minimum absolute atomic E-state index is 0.118. The third kappa shape index (κ3) is 3.75. The molecule has 3 N–H and O–H groups in total. The fourth-order valence-corrected chi connectivity index (χ4v) is 4.01. The lowest BCUT2D eigenvalue weighted by atomic mass is 9.80. The van der Waals surface area contributed by atoms with Gasteiger partial charge < -0.3 is 15.7 Å². The zero-order chi connectivity index (χ0) is 20.3. The van der Waals surface area contributed by atoms with Crippen LogP contribution in [0.4, 0.5) is 0 Å². The maximum Gasteiger partial charge on any atom is 0.252 e. The van der Waals surface area contributed by atoms with Crippen molar-refractivity contribution in [1.82, 2.24) is 10.6 Å². The molecule has 2 amide bonds. The highest BCUT2D eigenvalue weighted by Gasteiger charge is 2.40. The number of likely N-dealkylation sites (N-methyl/N-ethyl adjacent to an activating group) is 1. The van der Waals surface area contributed by atoms with Gasteiger partial charge in [-0.25, -0.2) is 0 Å². The lowest BCUT2D eigenvalue weighted by molar-refractivity contribution is -0.128. The van der Waals surface area contributed by atoms with E-state index in [1.165, 1.54) is 0 Å². The van der Waals surface area contributed by atoms with Crippen LogP contribution in [0.3, 0.4) is 0 Å². The third-order valence-corrected chi connectivity index (χ3v) is 5.94. The zero-order valence-corrected chi connectivity index (χ0v) is 16.8. The van der Waals surface area contributed by atoms with E-state index < -0.39 is 5.54 Å². The molecule has 0 aliphatic heterocycles. The molecule has 0 radical (unpaired) electrons. The Balaban J connectivity index is 1.82. The zero-order valence-electron chi connectivity index (χ0n) is 16.8. The lowest BCUT2D eigenvalue weighted by Gasteiger charge is -2.36. The van der Waals surface area contributed by atoms with Crippen molar-refractivity contribution in [2.24, 2.45) is 0 Å². The van der Waals surface area contributed by atoms with Gasteiger partial charge in [-0.2, -0.15) is 0 Å². The summed E-state index contributed by atoms with van der Waals surface area (Å²) in [5.74, 6) is -0.0627. The molecule has 3 rings (SSSR count). The van der Waals surface area contributed by atoms with Crippen LogP contribution in [0.15, 0.2) is 36.4 Å². The van der Waals surface area contributed by atoms with Gasteiger partial charge in [0.15, 0.2) is 0 Å². The molecular formula is C23H28N2O3. The Morgan fingerprint density at radius 1 is 0.929 bits per heavy atom. The molecule has 0 aromatic heterocycles. The number of carbonyl (C=O) groups is 2. The highest BCUT2D eigenvalue weighted by Crippen LogP contribution is 2.31. The molecule has 1 aliphatic rings. The van der Waals surface area contributed by atoms with Crippen LogP contribution in [0.1, 0.15) is 53.6 Å². The van der Waals surface area contributed by atoms with Crippen LogP contribution in [0.25, 0.3) is 11.1 Å². The number of phenols is 1. The second-order valence-corrected chi connectivity index (χ2v) is 7.64. The van der Waals surface area contributed by atoms with Gasteiger partial charge >= 0.3 is 0 Å². The molecule has 0 unspecified atom stereocenters. The van der Waals surface area contributed by atoms with Crippen LogP contribution in [0.5, 0.6) is 5.75 Å². The summed E-state index contributed by atoms with van der Waals surface area (Å²) in [4.78, 5) is 25.3. The van der Waals surface area contributed by atoms with E-state index in [1.807, 2.05) is 32.0 Å². The Labute approximate surface area is 166 Å². The highest BCUT2D eigenvalue weighted by molar-refractivity contribution is 5.99. The molecule has 1 fully saturated rings. The summed E-state index contributed by atoms with van der Waals surface area (Å²) in [6.45, 7) is 3.86. The molecule has 1 aliphatic carbocycles. The van der Waals surface area contributed by atoms with E-state index in [-0.39, 0.29) is 17.6 Å². The average molecular weight is 380 g/mol. The first kappa shape index (κ1) is 19.9. The largest absolute Gasteiger partial charge is 0.508 e. The molecule has 5 heteroatoms. The van der Waals surface area contributed by atoms with E-state index in [2.05, 4.69) is 10.6 Å². The Morgan fingerprint density at radius 3 is 2.18 bits per heavy atom. The Bertz CT molecular complexity index is 881. The first-order valence-corrected chi connectivity index (χ1v) is 9.82. The molecule has 2 aromatic rings. The summed E-state index contributed by atoms with van der Waals surface area (Å²) >= 11 is 0. The number of amides is 2. The van der Waals surface area contributed by atoms with Gasteiger partial charge in [-0.1, -0.05) is 37.5 Å². The van der Waals surface area contributed by atoms with Crippen LogP contribution < -0.4 is 10.6 Å². The van der Waals surface area contributed by atoms with Crippen molar-refractivity contribution in [3.8, 4) is 16.9 Å². The van der Waals surface area contributed by atoms with Crippen LogP contribution in [0, 0.1) is 13.8 Å². The number of benzene rings is 2. The van der Waals surface area contributed by atoms with E-state index in [4.69, 9.17) is 0 Å². The number of rotatable bonds is 4. The topological polar surface area (TPSA) is 78.4 Å². The van der Waals surface area contributed by atoms with Crippen molar-refractivity contribution in [1.29, 1.82) is 0 Å². The Kier molecular flexibility index (Phi) is 5.73. The number of aromatic hydroxyl groups is 1. The van der Waals surface area contributed by atoms with Gasteiger partial charge in [-0.05, 0) is 67.1 Å². The summed E-state index contributed by atoms with van der Waals surface area (Å²) in [5, 5.41) is 15.6. The van der Waals surface area contributed by atoms with Crippen molar-refractivity contribution in [2.75, 3.05) is 7.05 Å². The first-order valence-electron chi connectivity index (χ1n) is 9.82. The number of hydrogen-bond acceptors (Lipinski definition) is 3. The predicted octanol–water partition coefficient (Wildman–Crippen LogP) is 3.85. The maximum atomic E-state index is 12.8. The van der Waals surface area contributed by atoms with Gasteiger partial charge in [0.1, 0.15) is 11.3 Å². The molecule has 0 saturated heterocycles. The van der Waals surface area contributed by atoms with E-state index in [9.17, 15) is 14.7 Å². The van der Waals surface area contributed by atoms with Gasteiger partial charge in [0.05, 0.1) is 0 Å². The van der Waals surface area contributed by atoms with Crippen LogP contribution in [0.2, 0.25) is 0 Å². The van der Waals surface area contributed by atoms with Crippen molar-refractivity contribution >= 4 is 11.8 Å². The quantitative estimate of drug-likeness (QED) is 0.754. The molecule has 0 spiro atoms. The van der Waals surface area contributed by atoms with Gasteiger partial charge in [-0.15, -0.1) is 0 Å². The molecular weight excluding hydrogens is 352 g/mol. The second-order valence-electron chi connectivity index (χ2n) is 7.64. The standard InChI is InChI=1S/C23H28N2O3/c1-15-16(2)20(26)12-11-19(15)17-7-9-18(10-8-17)21(27)25-23(22(28)24-3)13-5-4-6-14-23/h7-12,26H,4-6,13-14H2,1-3H3,(H,24,28)(H,25,27). The third-order valence-electron chi connectivity index (χ3n) is 5.94. The monoisotopic (exact) mass is 380 g/mol. The number of phenolic OH excluding ortho intramolecular Hbond substituents is 1. The molecule has 28 heavy (non-hydrogen) atoms. The van der Waals surface area contributed by atoms with Crippen LogP contribution in [-0.4, -0.2) is 29.5 Å². The Hall–Kier alpha value is -2.82. The summed E-state index contributed by atoms with van der Waals surface area (Å²) in [6.07, 6.45) is 4.30. The fourth-order valence-electron chi connectivity index (χ4n) is 4.01. The normalized spacial score (nSPS) is 15.7. The van der Waals surface area contributed by atoms with Crippen LogP contribution in [-0.2, 0) is 4.79 Å². The molecule has 5 nitrogen and oxygen atoms in total. The van der Waals surface area contributed by atoms with Gasteiger partial charge in [0.2, 0.25) is 5.91 Å². The maximum absolute atomic E-state index is 12.8. The highest BCUT2D eigenvalue weighted by atomic mass is 16.3. The van der Waals surface area contributed by atoms with Gasteiger partial charge in [0, 0.05) is 12.6 Å². The summed E-state index contributed by atoms with van der Waals surface area (Å²) in [7, 11) is 1.61. The number of carbonyl (C=O) groups excluding carboxylic acids is 2. The smallest absolute Gasteiger partial charge is 0.252 e. The van der Waals surface area contributed by atoms with Crippen molar-refractivity contribution in [2.45, 2.75) is 51.5 Å². The van der Waals surface area contributed by atoms with E-state index in [1.54, 1.807) is 25.2 Å². The summed E-state index contributed by atoms with van der Waals surface area (Å²) < 4.78 is 0. The molecule has 0 atom stereocenters. The van der Waals surface area contributed by atoms with Crippen molar-refractivity contribution in [3.05, 3.63) is 53.1 Å². The number of hydrogen-bond donors (Lipinski definition) is 3. The van der Waals surface area contributed by atoms with E-state index in [0.29, 0.717) is 18.4 Å². The predicted molar refractivity (Wildman–Crippen MR) is 110 cm³/mol. The van der Waals surface area contributed by atoms with Gasteiger partial charge in [-0.3, -0.25) is 9.59 Å². The molecule has 0 heterocycles. The molecule has 1 saturated carbocycles. The second kappa shape index (κ2) is 8.05. The Morgan fingerprint density at radius 2 is 1.57 bits per heavy atom. The fraction of sp³-hybridized carbons (Fsp3) is 0.391. The minimum atomic E-state index is -0.812.